The zero-order chi connectivity index (χ0) is 28.0. The average molecular weight is 544 g/mol. The minimum Gasteiger partial charge on any atom is -0.454 e. The molecule has 3 aliphatic rings. The van der Waals surface area contributed by atoms with E-state index in [-0.39, 0.29) is 32.5 Å². The van der Waals surface area contributed by atoms with Crippen LogP contribution in [0.2, 0.25) is 0 Å². The van der Waals surface area contributed by atoms with Crippen molar-refractivity contribution in [2.45, 2.75) is 30.8 Å². The van der Waals surface area contributed by atoms with E-state index in [1.54, 1.807) is 49.3 Å². The normalized spacial score (nSPS) is 18.4. The number of likely N-dealkylation sites (tertiary alicyclic amines) is 1. The summed E-state index contributed by atoms with van der Waals surface area (Å²) in [6.45, 7) is 0.934. The van der Waals surface area contributed by atoms with Crippen LogP contribution >= 0.6 is 0 Å². The lowest BCUT2D eigenvalue weighted by molar-refractivity contribution is -0.118. The summed E-state index contributed by atoms with van der Waals surface area (Å²) in [5.74, 6) is 0.898. The van der Waals surface area contributed by atoms with Crippen LogP contribution in [0.3, 0.4) is 0 Å². The standard InChI is InChI=1S/C31H31N3O6.H2/c1-33(2)28(36)20-5-3-19(4-6-20)25-16-22(8-9-24(25)29(37)34-14-11-23(35)17-34)32-30(38)31(12-13-31)21-7-10-26-27(15-21)40-18-39-26;/h3-10,15-16,23,35H,11-14,17-18H2,1-2H3,(H,32,38);1H/t23-;/m1./s1. The predicted octanol–water partition coefficient (Wildman–Crippen LogP) is 3.91. The van der Waals surface area contributed by atoms with E-state index < -0.39 is 11.5 Å². The molecule has 3 aromatic carbocycles. The molecule has 208 valence electrons. The molecule has 9 nitrogen and oxygen atoms in total. The fourth-order valence-corrected chi connectivity index (χ4v) is 5.41. The number of anilines is 1. The fraction of sp³-hybridized carbons (Fsp3) is 0.323. The molecule has 1 aliphatic carbocycles. The van der Waals surface area contributed by atoms with Gasteiger partial charge in [-0.25, -0.2) is 0 Å². The van der Waals surface area contributed by atoms with E-state index in [0.29, 0.717) is 46.8 Å². The van der Waals surface area contributed by atoms with Crippen LogP contribution in [0.25, 0.3) is 11.1 Å². The molecular formula is C31H33N3O6. The maximum absolute atomic E-state index is 13.6. The maximum Gasteiger partial charge on any atom is 0.254 e. The van der Waals surface area contributed by atoms with Gasteiger partial charge in [0.2, 0.25) is 12.7 Å². The SMILES string of the molecule is CN(C)C(=O)c1ccc(-c2cc(NC(=O)C3(c4ccc5c(c4)OCO5)CC3)ccc2C(=O)N2CC[C@@H](O)C2)cc1.[HH]. The van der Waals surface area contributed by atoms with Gasteiger partial charge in [0.15, 0.2) is 11.5 Å². The Morgan fingerprint density at radius 3 is 2.42 bits per heavy atom. The van der Waals surface area contributed by atoms with Crippen LogP contribution in [0, 0.1) is 0 Å². The Balaban J connectivity index is 0.00000337. The lowest BCUT2D eigenvalue weighted by Gasteiger charge is -2.20. The summed E-state index contributed by atoms with van der Waals surface area (Å²) in [5.41, 5.74) is 3.19. The number of carbonyl (C=O) groups excluding carboxylic acids is 3. The third kappa shape index (κ3) is 4.66. The van der Waals surface area contributed by atoms with E-state index in [1.165, 1.54) is 4.90 Å². The van der Waals surface area contributed by atoms with Crippen LogP contribution in [0.15, 0.2) is 60.7 Å². The average Bonchev–Trinajstić information content (AvgIpc) is 3.44. The van der Waals surface area contributed by atoms with E-state index in [0.717, 1.165) is 24.0 Å². The molecule has 2 heterocycles. The van der Waals surface area contributed by atoms with Gasteiger partial charge in [0.25, 0.3) is 11.8 Å². The van der Waals surface area contributed by atoms with Crippen molar-refractivity contribution in [3.8, 4) is 22.6 Å². The highest BCUT2D eigenvalue weighted by atomic mass is 16.7. The molecule has 40 heavy (non-hydrogen) atoms. The second kappa shape index (κ2) is 9.98. The summed E-state index contributed by atoms with van der Waals surface area (Å²) >= 11 is 0. The van der Waals surface area contributed by atoms with Gasteiger partial charge in [-0.1, -0.05) is 18.2 Å². The minimum absolute atomic E-state index is 0. The van der Waals surface area contributed by atoms with Crippen LogP contribution in [0.5, 0.6) is 11.5 Å². The molecule has 6 rings (SSSR count). The van der Waals surface area contributed by atoms with Crippen molar-refractivity contribution in [3.05, 3.63) is 77.4 Å². The quantitative estimate of drug-likeness (QED) is 0.488. The third-order valence-corrected chi connectivity index (χ3v) is 7.92. The molecule has 0 radical (unpaired) electrons. The van der Waals surface area contributed by atoms with Crippen LogP contribution in [-0.4, -0.2) is 72.7 Å². The zero-order valence-electron chi connectivity index (χ0n) is 22.5. The van der Waals surface area contributed by atoms with Gasteiger partial charge in [0.05, 0.1) is 11.5 Å². The van der Waals surface area contributed by atoms with Gasteiger partial charge in [-0.2, -0.15) is 0 Å². The second-order valence-electron chi connectivity index (χ2n) is 10.8. The number of nitrogens with one attached hydrogen (secondary N) is 1. The van der Waals surface area contributed by atoms with Crippen LogP contribution in [0.4, 0.5) is 5.69 Å². The molecule has 0 unspecified atom stereocenters. The van der Waals surface area contributed by atoms with E-state index in [2.05, 4.69) is 5.32 Å². The van der Waals surface area contributed by atoms with Gasteiger partial charge in [0.1, 0.15) is 0 Å². The van der Waals surface area contributed by atoms with Crippen molar-refractivity contribution in [1.82, 2.24) is 9.80 Å². The van der Waals surface area contributed by atoms with E-state index in [4.69, 9.17) is 9.47 Å². The highest BCUT2D eigenvalue weighted by Gasteiger charge is 2.51. The van der Waals surface area contributed by atoms with E-state index >= 15 is 0 Å². The molecule has 0 bridgehead atoms. The minimum atomic E-state index is -0.643. The van der Waals surface area contributed by atoms with Gasteiger partial charge in [0, 0.05) is 45.4 Å². The van der Waals surface area contributed by atoms with Gasteiger partial charge in [-0.3, -0.25) is 14.4 Å². The number of aliphatic hydroxyl groups excluding tert-OH is 1. The largest absolute Gasteiger partial charge is 0.454 e. The van der Waals surface area contributed by atoms with Crippen LogP contribution in [-0.2, 0) is 10.2 Å². The number of aliphatic hydroxyl groups is 1. The smallest absolute Gasteiger partial charge is 0.254 e. The summed E-state index contributed by atoms with van der Waals surface area (Å²) in [7, 11) is 3.39. The summed E-state index contributed by atoms with van der Waals surface area (Å²) in [4.78, 5) is 42.6. The first-order valence-corrected chi connectivity index (χ1v) is 13.4. The summed E-state index contributed by atoms with van der Waals surface area (Å²) in [6.07, 6.45) is 1.45. The topological polar surface area (TPSA) is 108 Å². The van der Waals surface area contributed by atoms with Crippen molar-refractivity contribution in [2.24, 2.45) is 0 Å². The highest BCUT2D eigenvalue weighted by Crippen LogP contribution is 2.51. The number of hydrogen-bond donors (Lipinski definition) is 2. The Hall–Kier alpha value is -4.37. The Morgan fingerprint density at radius 1 is 1.00 bits per heavy atom. The first-order valence-electron chi connectivity index (χ1n) is 13.4. The van der Waals surface area contributed by atoms with Crippen molar-refractivity contribution < 1.29 is 30.4 Å². The zero-order valence-corrected chi connectivity index (χ0v) is 22.5. The Kier molecular flexibility index (Phi) is 6.46. The maximum atomic E-state index is 13.6. The monoisotopic (exact) mass is 543 g/mol. The lowest BCUT2D eigenvalue weighted by Crippen LogP contribution is -2.30. The number of nitrogens with zero attached hydrogens (tertiary/aromatic N) is 2. The first kappa shape index (κ1) is 25.9. The number of rotatable bonds is 6. The lowest BCUT2D eigenvalue weighted by atomic mass is 9.93. The van der Waals surface area contributed by atoms with E-state index in [9.17, 15) is 19.5 Å². The number of benzene rings is 3. The fourth-order valence-electron chi connectivity index (χ4n) is 5.41. The molecule has 3 amide bonds. The van der Waals surface area contributed by atoms with Crippen LogP contribution in [0.1, 0.15) is 47.0 Å². The number of ether oxygens (including phenoxy) is 2. The van der Waals surface area contributed by atoms with Gasteiger partial charge in [-0.05, 0) is 78.4 Å². The molecule has 1 saturated carbocycles. The number of hydrogen-bond acceptors (Lipinski definition) is 6. The molecule has 3 aromatic rings. The van der Waals surface area contributed by atoms with Crippen molar-refractivity contribution >= 4 is 23.4 Å². The molecule has 0 spiro atoms. The van der Waals surface area contributed by atoms with Crippen molar-refractivity contribution in [2.75, 3.05) is 39.3 Å². The Bertz CT molecular complexity index is 1500. The number of carbonyl (C=O) groups is 3. The molecule has 2 N–H and O–H groups in total. The predicted molar refractivity (Wildman–Crippen MR) is 151 cm³/mol. The highest BCUT2D eigenvalue weighted by molar-refractivity contribution is 6.05. The van der Waals surface area contributed by atoms with E-state index in [1.807, 2.05) is 30.3 Å². The molecule has 9 heteroatoms. The molecule has 0 aromatic heterocycles. The molecule has 2 fully saturated rings. The summed E-state index contributed by atoms with van der Waals surface area (Å²) < 4.78 is 10.9. The number of fused-ring (bicyclic) bond motifs is 1. The second-order valence-corrected chi connectivity index (χ2v) is 10.8. The van der Waals surface area contributed by atoms with Gasteiger partial charge < -0.3 is 29.7 Å². The molecule has 1 saturated heterocycles. The van der Waals surface area contributed by atoms with Crippen molar-refractivity contribution in [1.29, 1.82) is 0 Å². The Morgan fingerprint density at radius 2 is 1.75 bits per heavy atom. The van der Waals surface area contributed by atoms with Crippen molar-refractivity contribution in [3.63, 3.8) is 0 Å². The molecule has 2 aliphatic heterocycles. The number of β-amino-alcohol motifs (C(OH)–C–C–N with tert-alkyl or cyclic N) is 1. The third-order valence-electron chi connectivity index (χ3n) is 7.92. The van der Waals surface area contributed by atoms with Gasteiger partial charge >= 0.3 is 0 Å². The Labute approximate surface area is 233 Å². The summed E-state index contributed by atoms with van der Waals surface area (Å²) in [6, 6.07) is 18.0. The summed E-state index contributed by atoms with van der Waals surface area (Å²) in [5, 5.41) is 13.1. The molecular weight excluding hydrogens is 510 g/mol. The molecule has 1 atom stereocenters. The number of amides is 3. The first-order chi connectivity index (χ1) is 19.2. The van der Waals surface area contributed by atoms with Gasteiger partial charge in [-0.15, -0.1) is 0 Å². The van der Waals surface area contributed by atoms with Crippen LogP contribution < -0.4 is 14.8 Å².